The summed E-state index contributed by atoms with van der Waals surface area (Å²) in [5.74, 6) is 0.587. The Labute approximate surface area is 70.0 Å². The SMILES string of the molecule is O=C(O)N1CCSC1S(=O)O. The predicted octanol–water partition coefficient (Wildman–Crippen LogP) is 0.219. The molecule has 2 atom stereocenters. The van der Waals surface area contributed by atoms with Crippen LogP contribution in [0.2, 0.25) is 0 Å². The van der Waals surface area contributed by atoms with Crippen molar-refractivity contribution in [1.82, 2.24) is 4.90 Å². The van der Waals surface area contributed by atoms with Gasteiger partial charge in [0.15, 0.2) is 15.8 Å². The van der Waals surface area contributed by atoms with Crippen LogP contribution in [-0.2, 0) is 11.1 Å². The lowest BCUT2D eigenvalue weighted by molar-refractivity contribution is 0.154. The summed E-state index contributed by atoms with van der Waals surface area (Å²) in [4.78, 5) is 11.4. The van der Waals surface area contributed by atoms with E-state index in [1.165, 1.54) is 11.8 Å². The zero-order valence-electron chi connectivity index (χ0n) is 5.47. The summed E-state index contributed by atoms with van der Waals surface area (Å²) in [7, 11) is 0. The van der Waals surface area contributed by atoms with E-state index in [-0.39, 0.29) is 0 Å². The molecule has 0 spiro atoms. The minimum atomic E-state index is -2.08. The van der Waals surface area contributed by atoms with Crippen LogP contribution in [0, 0.1) is 0 Å². The van der Waals surface area contributed by atoms with Gasteiger partial charge in [-0.25, -0.2) is 9.00 Å². The maximum absolute atomic E-state index is 10.5. The molecule has 1 saturated heterocycles. The number of rotatable bonds is 1. The third-order valence-electron chi connectivity index (χ3n) is 1.27. The average molecular weight is 197 g/mol. The minimum Gasteiger partial charge on any atom is -0.465 e. The average Bonchev–Trinajstić information content (AvgIpc) is 2.32. The molecule has 2 N–H and O–H groups in total. The van der Waals surface area contributed by atoms with Crippen LogP contribution in [0.25, 0.3) is 0 Å². The summed E-state index contributed by atoms with van der Waals surface area (Å²) >= 11 is -0.902. The van der Waals surface area contributed by atoms with E-state index >= 15 is 0 Å². The molecule has 0 bridgehead atoms. The second-order valence-electron chi connectivity index (χ2n) is 1.93. The van der Waals surface area contributed by atoms with Gasteiger partial charge in [0.1, 0.15) is 0 Å². The molecule has 0 saturated carbocycles. The third kappa shape index (κ3) is 1.85. The van der Waals surface area contributed by atoms with Crippen molar-refractivity contribution in [2.45, 2.75) is 4.71 Å². The first-order valence-electron chi connectivity index (χ1n) is 2.84. The van der Waals surface area contributed by atoms with Crippen LogP contribution in [0.4, 0.5) is 4.79 Å². The number of carboxylic acid groups (broad SMARTS) is 1. The monoisotopic (exact) mass is 197 g/mol. The van der Waals surface area contributed by atoms with Gasteiger partial charge in [0.2, 0.25) is 0 Å². The number of hydrogen-bond donors (Lipinski definition) is 2. The smallest absolute Gasteiger partial charge is 0.409 e. The van der Waals surface area contributed by atoms with Crippen molar-refractivity contribution in [3.05, 3.63) is 0 Å². The topological polar surface area (TPSA) is 77.8 Å². The number of hydrogen-bond acceptors (Lipinski definition) is 3. The first-order valence-corrected chi connectivity index (χ1v) is 5.05. The van der Waals surface area contributed by atoms with Crippen molar-refractivity contribution in [2.24, 2.45) is 0 Å². The van der Waals surface area contributed by atoms with Crippen molar-refractivity contribution in [3.8, 4) is 0 Å². The van der Waals surface area contributed by atoms with Crippen molar-refractivity contribution in [3.63, 3.8) is 0 Å². The fourth-order valence-corrected chi connectivity index (χ4v) is 2.85. The minimum absolute atomic E-state index is 0.330. The molecule has 0 aromatic heterocycles. The lowest BCUT2D eigenvalue weighted by atomic mass is 10.7. The van der Waals surface area contributed by atoms with Crippen LogP contribution in [0.3, 0.4) is 0 Å². The molecular weight excluding hydrogens is 190 g/mol. The zero-order chi connectivity index (χ0) is 8.43. The van der Waals surface area contributed by atoms with Gasteiger partial charge in [-0.2, -0.15) is 0 Å². The lowest BCUT2D eigenvalue weighted by Gasteiger charge is -2.16. The Kier molecular flexibility index (Phi) is 2.74. The highest BCUT2D eigenvalue weighted by Gasteiger charge is 2.33. The second kappa shape index (κ2) is 3.42. The van der Waals surface area contributed by atoms with Crippen LogP contribution < -0.4 is 0 Å². The summed E-state index contributed by atoms with van der Waals surface area (Å²) in [5.41, 5.74) is 0. The van der Waals surface area contributed by atoms with Gasteiger partial charge in [-0.1, -0.05) is 0 Å². The summed E-state index contributed by atoms with van der Waals surface area (Å²) in [6.07, 6.45) is -1.14. The van der Waals surface area contributed by atoms with Gasteiger partial charge >= 0.3 is 6.09 Å². The van der Waals surface area contributed by atoms with E-state index in [9.17, 15) is 9.00 Å². The molecule has 0 radical (unpaired) electrons. The van der Waals surface area contributed by atoms with Crippen molar-refractivity contribution >= 4 is 28.9 Å². The van der Waals surface area contributed by atoms with Crippen molar-refractivity contribution in [2.75, 3.05) is 12.3 Å². The van der Waals surface area contributed by atoms with Gasteiger partial charge in [-0.3, -0.25) is 4.90 Å². The number of thioether (sulfide) groups is 1. The van der Waals surface area contributed by atoms with E-state index in [1.807, 2.05) is 0 Å². The molecule has 1 aliphatic heterocycles. The molecule has 5 nitrogen and oxygen atoms in total. The highest BCUT2D eigenvalue weighted by molar-refractivity contribution is 8.10. The van der Waals surface area contributed by atoms with Gasteiger partial charge in [0, 0.05) is 12.3 Å². The first kappa shape index (κ1) is 8.82. The molecule has 2 unspecified atom stereocenters. The number of nitrogens with zero attached hydrogens (tertiary/aromatic N) is 1. The maximum Gasteiger partial charge on any atom is 0.409 e. The van der Waals surface area contributed by atoms with E-state index in [0.717, 1.165) is 4.90 Å². The second-order valence-corrected chi connectivity index (χ2v) is 4.42. The van der Waals surface area contributed by atoms with Gasteiger partial charge in [-0.05, 0) is 0 Å². The molecule has 1 rings (SSSR count). The summed E-state index contributed by atoms with van der Waals surface area (Å²) < 4.78 is 18.3. The highest BCUT2D eigenvalue weighted by Crippen LogP contribution is 2.25. The van der Waals surface area contributed by atoms with Crippen LogP contribution in [0.15, 0.2) is 0 Å². The Morgan fingerprint density at radius 1 is 1.73 bits per heavy atom. The lowest BCUT2D eigenvalue weighted by Crippen LogP contribution is -2.35. The first-order chi connectivity index (χ1) is 5.13. The van der Waals surface area contributed by atoms with E-state index in [1.54, 1.807) is 0 Å². The van der Waals surface area contributed by atoms with Crippen LogP contribution in [0.1, 0.15) is 0 Å². The molecule has 64 valence electrons. The van der Waals surface area contributed by atoms with Crippen molar-refractivity contribution < 1.29 is 18.7 Å². The van der Waals surface area contributed by atoms with E-state index in [0.29, 0.717) is 12.3 Å². The fourth-order valence-electron chi connectivity index (χ4n) is 0.800. The highest BCUT2D eigenvalue weighted by atomic mass is 32.2. The molecule has 1 heterocycles. The normalized spacial score (nSPS) is 27.0. The molecule has 1 fully saturated rings. The van der Waals surface area contributed by atoms with Gasteiger partial charge in [0.05, 0.1) is 0 Å². The molecule has 1 amide bonds. The molecular formula is C4H7NO4S2. The van der Waals surface area contributed by atoms with Crippen LogP contribution in [-0.4, -0.2) is 41.9 Å². The Bertz CT molecular complexity index is 177. The zero-order valence-corrected chi connectivity index (χ0v) is 7.10. The largest absolute Gasteiger partial charge is 0.465 e. The summed E-state index contributed by atoms with van der Waals surface area (Å²) in [5, 5.41) is 8.50. The Hall–Kier alpha value is -0.270. The van der Waals surface area contributed by atoms with E-state index in [4.69, 9.17) is 9.66 Å². The van der Waals surface area contributed by atoms with Crippen molar-refractivity contribution in [1.29, 1.82) is 0 Å². The Balaban J connectivity index is 2.65. The van der Waals surface area contributed by atoms with E-state index in [2.05, 4.69) is 0 Å². The van der Waals surface area contributed by atoms with Crippen LogP contribution >= 0.6 is 11.8 Å². The van der Waals surface area contributed by atoms with Gasteiger partial charge in [-0.15, -0.1) is 11.8 Å². The molecule has 7 heteroatoms. The quantitative estimate of drug-likeness (QED) is 0.588. The molecule has 11 heavy (non-hydrogen) atoms. The molecule has 0 aromatic carbocycles. The standard InChI is InChI=1S/C4H7NO4S2/c6-3(7)5-1-2-10-4(5)11(8)9/h4H,1-2H2,(H,6,7)(H,8,9). The Morgan fingerprint density at radius 2 is 2.36 bits per heavy atom. The number of amides is 1. The predicted molar refractivity (Wildman–Crippen MR) is 41.7 cm³/mol. The molecule has 0 aliphatic carbocycles. The fraction of sp³-hybridized carbons (Fsp3) is 0.750. The summed E-state index contributed by atoms with van der Waals surface area (Å²) in [6.45, 7) is 0.330. The molecule has 0 aromatic rings. The third-order valence-corrected chi connectivity index (χ3v) is 3.72. The molecule has 1 aliphatic rings. The maximum atomic E-state index is 10.5. The van der Waals surface area contributed by atoms with E-state index < -0.39 is 21.9 Å². The van der Waals surface area contributed by atoms with Crippen LogP contribution in [0.5, 0.6) is 0 Å². The number of carbonyl (C=O) groups is 1. The van der Waals surface area contributed by atoms with Gasteiger partial charge in [0.25, 0.3) is 0 Å². The van der Waals surface area contributed by atoms with Gasteiger partial charge < -0.3 is 9.66 Å². The summed E-state index contributed by atoms with van der Waals surface area (Å²) in [6, 6.07) is 0. The Morgan fingerprint density at radius 3 is 2.73 bits per heavy atom.